The predicted molar refractivity (Wildman–Crippen MR) is 120 cm³/mol. The highest BCUT2D eigenvalue weighted by atomic mass is 32.1. The average Bonchev–Trinajstić information content (AvgIpc) is 3.12. The standard InChI is InChI=1S/C25H20N2S/c1-16(2)24-26-23(22-20-13-6-7-14-21(20)28-25(22)27-24)19-12-8-11-18(15-19)17-9-4-3-5-10-17/h3-16H,1-2H3. The highest BCUT2D eigenvalue weighted by molar-refractivity contribution is 7.25. The third kappa shape index (κ3) is 2.88. The third-order valence-electron chi connectivity index (χ3n) is 5.02. The summed E-state index contributed by atoms with van der Waals surface area (Å²) in [6.45, 7) is 4.30. The Morgan fingerprint density at radius 2 is 1.43 bits per heavy atom. The molecule has 0 saturated heterocycles. The van der Waals surface area contributed by atoms with E-state index in [0.29, 0.717) is 0 Å². The van der Waals surface area contributed by atoms with Crippen LogP contribution in [0.25, 0.3) is 42.7 Å². The number of benzene rings is 3. The summed E-state index contributed by atoms with van der Waals surface area (Å²) in [5, 5.41) is 2.40. The molecule has 0 spiro atoms. The minimum Gasteiger partial charge on any atom is -0.232 e. The van der Waals surface area contributed by atoms with Crippen molar-refractivity contribution in [1.82, 2.24) is 9.97 Å². The van der Waals surface area contributed by atoms with Gasteiger partial charge >= 0.3 is 0 Å². The third-order valence-corrected chi connectivity index (χ3v) is 6.08. The Morgan fingerprint density at radius 1 is 0.714 bits per heavy atom. The van der Waals surface area contributed by atoms with Crippen LogP contribution in [0.15, 0.2) is 78.9 Å². The molecule has 0 N–H and O–H groups in total. The van der Waals surface area contributed by atoms with Gasteiger partial charge in [0.2, 0.25) is 0 Å². The highest BCUT2D eigenvalue weighted by Crippen LogP contribution is 2.39. The van der Waals surface area contributed by atoms with Crippen LogP contribution in [-0.4, -0.2) is 9.97 Å². The molecule has 0 aliphatic rings. The zero-order valence-corrected chi connectivity index (χ0v) is 16.7. The quantitative estimate of drug-likeness (QED) is 0.328. The summed E-state index contributed by atoms with van der Waals surface area (Å²) < 4.78 is 1.26. The molecule has 2 nitrogen and oxygen atoms in total. The lowest BCUT2D eigenvalue weighted by Gasteiger charge is -2.10. The number of nitrogens with zero attached hydrogens (tertiary/aromatic N) is 2. The van der Waals surface area contributed by atoms with Crippen molar-refractivity contribution in [2.75, 3.05) is 0 Å². The molecule has 3 heteroatoms. The number of thiophene rings is 1. The largest absolute Gasteiger partial charge is 0.232 e. The predicted octanol–water partition coefficient (Wildman–Crippen LogP) is 7.30. The number of hydrogen-bond acceptors (Lipinski definition) is 3. The maximum absolute atomic E-state index is 5.02. The lowest BCUT2D eigenvalue weighted by molar-refractivity contribution is 0.786. The van der Waals surface area contributed by atoms with Gasteiger partial charge in [-0.2, -0.15) is 0 Å². The highest BCUT2D eigenvalue weighted by Gasteiger charge is 2.17. The molecule has 0 fully saturated rings. The van der Waals surface area contributed by atoms with Crippen LogP contribution in [0.3, 0.4) is 0 Å². The Kier molecular flexibility index (Phi) is 4.18. The van der Waals surface area contributed by atoms with Crippen molar-refractivity contribution in [1.29, 1.82) is 0 Å². The number of aromatic nitrogens is 2. The molecule has 136 valence electrons. The molecule has 0 atom stereocenters. The van der Waals surface area contributed by atoms with Gasteiger partial charge in [-0.15, -0.1) is 11.3 Å². The van der Waals surface area contributed by atoms with Crippen molar-refractivity contribution >= 4 is 31.6 Å². The van der Waals surface area contributed by atoms with Crippen molar-refractivity contribution < 1.29 is 0 Å². The fourth-order valence-corrected chi connectivity index (χ4v) is 4.67. The molecule has 5 aromatic rings. The Balaban J connectivity index is 1.80. The summed E-state index contributed by atoms with van der Waals surface area (Å²) >= 11 is 1.75. The van der Waals surface area contributed by atoms with Gasteiger partial charge in [0.1, 0.15) is 10.7 Å². The van der Waals surface area contributed by atoms with Crippen LogP contribution < -0.4 is 0 Å². The monoisotopic (exact) mass is 380 g/mol. The Hall–Kier alpha value is -3.04. The number of hydrogen-bond donors (Lipinski definition) is 0. The Labute approximate surface area is 168 Å². The molecule has 0 radical (unpaired) electrons. The second-order valence-corrected chi connectivity index (χ2v) is 8.34. The summed E-state index contributed by atoms with van der Waals surface area (Å²) in [5.41, 5.74) is 4.59. The first-order valence-electron chi connectivity index (χ1n) is 9.56. The minimum atomic E-state index is 0.283. The van der Waals surface area contributed by atoms with E-state index in [1.165, 1.54) is 21.2 Å². The molecule has 5 rings (SSSR count). The molecule has 0 saturated carbocycles. The molecular weight excluding hydrogens is 360 g/mol. The van der Waals surface area contributed by atoms with E-state index < -0.39 is 0 Å². The lowest BCUT2D eigenvalue weighted by atomic mass is 9.99. The maximum atomic E-state index is 5.02. The maximum Gasteiger partial charge on any atom is 0.133 e. The van der Waals surface area contributed by atoms with Crippen LogP contribution >= 0.6 is 11.3 Å². The summed E-state index contributed by atoms with van der Waals surface area (Å²) in [6.07, 6.45) is 0. The first-order valence-corrected chi connectivity index (χ1v) is 10.4. The van der Waals surface area contributed by atoms with E-state index >= 15 is 0 Å². The summed E-state index contributed by atoms with van der Waals surface area (Å²) in [4.78, 5) is 11.0. The molecule has 0 unspecified atom stereocenters. The molecule has 2 heterocycles. The minimum absolute atomic E-state index is 0.283. The first-order chi connectivity index (χ1) is 13.7. The van der Waals surface area contributed by atoms with Crippen molar-refractivity contribution in [2.24, 2.45) is 0 Å². The fourth-order valence-electron chi connectivity index (χ4n) is 3.58. The van der Waals surface area contributed by atoms with Gasteiger partial charge in [0.05, 0.1) is 5.69 Å². The van der Waals surface area contributed by atoms with E-state index in [2.05, 4.69) is 86.6 Å². The van der Waals surface area contributed by atoms with E-state index in [0.717, 1.165) is 27.3 Å². The molecule has 3 aromatic carbocycles. The van der Waals surface area contributed by atoms with Crippen LogP contribution in [0.1, 0.15) is 25.6 Å². The molecule has 0 bridgehead atoms. The molecule has 0 aliphatic carbocycles. The normalized spacial score (nSPS) is 11.5. The Morgan fingerprint density at radius 3 is 2.25 bits per heavy atom. The zero-order valence-electron chi connectivity index (χ0n) is 15.9. The number of fused-ring (bicyclic) bond motifs is 3. The molecular formula is C25H20N2S. The van der Waals surface area contributed by atoms with Gasteiger partial charge < -0.3 is 0 Å². The van der Waals surface area contributed by atoms with E-state index in [-0.39, 0.29) is 5.92 Å². The van der Waals surface area contributed by atoms with Gasteiger partial charge in [0.25, 0.3) is 0 Å². The van der Waals surface area contributed by atoms with Gasteiger partial charge in [-0.1, -0.05) is 80.6 Å². The van der Waals surface area contributed by atoms with Crippen molar-refractivity contribution in [2.45, 2.75) is 19.8 Å². The molecule has 2 aromatic heterocycles. The van der Waals surface area contributed by atoms with Gasteiger partial charge in [0, 0.05) is 27.0 Å². The first kappa shape index (κ1) is 17.1. The van der Waals surface area contributed by atoms with Gasteiger partial charge in [-0.05, 0) is 23.3 Å². The van der Waals surface area contributed by atoms with Gasteiger partial charge in [0.15, 0.2) is 0 Å². The zero-order chi connectivity index (χ0) is 19.1. The van der Waals surface area contributed by atoms with Crippen LogP contribution in [0.4, 0.5) is 0 Å². The second-order valence-electron chi connectivity index (χ2n) is 7.31. The lowest BCUT2D eigenvalue weighted by Crippen LogP contribution is -1.99. The fraction of sp³-hybridized carbons (Fsp3) is 0.120. The van der Waals surface area contributed by atoms with Crippen LogP contribution in [0.2, 0.25) is 0 Å². The van der Waals surface area contributed by atoms with Crippen LogP contribution in [-0.2, 0) is 0 Å². The molecule has 0 aliphatic heterocycles. The molecule has 0 amide bonds. The smallest absolute Gasteiger partial charge is 0.133 e. The Bertz CT molecular complexity index is 1290. The molecule has 28 heavy (non-hydrogen) atoms. The summed E-state index contributed by atoms with van der Waals surface area (Å²) in [6, 6.07) is 27.7. The van der Waals surface area contributed by atoms with Gasteiger partial charge in [-0.3, -0.25) is 0 Å². The van der Waals surface area contributed by atoms with E-state index in [1.807, 2.05) is 6.07 Å². The average molecular weight is 381 g/mol. The van der Waals surface area contributed by atoms with Crippen LogP contribution in [0, 0.1) is 0 Å². The SMILES string of the molecule is CC(C)c1nc(-c2cccc(-c3ccccc3)c2)c2c(n1)sc1ccccc12. The van der Waals surface area contributed by atoms with Gasteiger partial charge in [-0.25, -0.2) is 9.97 Å². The van der Waals surface area contributed by atoms with E-state index in [9.17, 15) is 0 Å². The van der Waals surface area contributed by atoms with Crippen molar-refractivity contribution in [3.63, 3.8) is 0 Å². The summed E-state index contributed by atoms with van der Waals surface area (Å²) in [7, 11) is 0. The van der Waals surface area contributed by atoms with E-state index in [4.69, 9.17) is 9.97 Å². The van der Waals surface area contributed by atoms with Crippen molar-refractivity contribution in [3.8, 4) is 22.4 Å². The summed E-state index contributed by atoms with van der Waals surface area (Å²) in [5.74, 6) is 1.19. The topological polar surface area (TPSA) is 25.8 Å². The second kappa shape index (κ2) is 6.84. The van der Waals surface area contributed by atoms with E-state index in [1.54, 1.807) is 11.3 Å². The van der Waals surface area contributed by atoms with Crippen LogP contribution in [0.5, 0.6) is 0 Å². The number of rotatable bonds is 3. The van der Waals surface area contributed by atoms with Crippen molar-refractivity contribution in [3.05, 3.63) is 84.7 Å².